The highest BCUT2D eigenvalue weighted by Crippen LogP contribution is 2.05. The maximum Gasteiger partial charge on any atom is 0.327 e. The van der Waals surface area contributed by atoms with E-state index in [9.17, 15) is 27.6 Å². The van der Waals surface area contributed by atoms with E-state index in [2.05, 4.69) is 5.32 Å². The number of imide groups is 1. The zero-order valence-electron chi connectivity index (χ0n) is 11.7. The lowest BCUT2D eigenvalue weighted by Gasteiger charge is -2.17. The molecular weight excluding hydrogens is 306 g/mol. The molecule has 0 spiro atoms. The number of hydrogen-bond donors (Lipinski definition) is 4. The molecule has 2 atom stereocenters. The standard InChI is InChI=1S/C10H17N3O7S/c1-5(8(15)13-10(18)11-3)21(19,20)4-7(9(16)17)12-6(2)14/h5,7H,4H2,1-3H3,(H,12,14)(H,16,17)(H2,11,13,15,18). The first-order valence-corrected chi connectivity index (χ1v) is 7.46. The van der Waals surface area contributed by atoms with E-state index in [0.717, 1.165) is 13.8 Å². The molecule has 4 amide bonds. The molecule has 0 fully saturated rings. The fourth-order valence-corrected chi connectivity index (χ4v) is 2.60. The third-order valence-corrected chi connectivity index (χ3v) is 4.54. The first kappa shape index (κ1) is 18.8. The number of amides is 4. The molecule has 11 heteroatoms. The lowest BCUT2D eigenvalue weighted by molar-refractivity contribution is -0.140. The van der Waals surface area contributed by atoms with Gasteiger partial charge in [-0.05, 0) is 6.92 Å². The van der Waals surface area contributed by atoms with Crippen molar-refractivity contribution < 1.29 is 32.7 Å². The number of carboxylic acids is 1. The van der Waals surface area contributed by atoms with Gasteiger partial charge in [-0.1, -0.05) is 0 Å². The molecule has 2 unspecified atom stereocenters. The van der Waals surface area contributed by atoms with E-state index in [4.69, 9.17) is 5.11 Å². The SMILES string of the molecule is CNC(=O)NC(=O)C(C)S(=O)(=O)CC(NC(C)=O)C(=O)O. The van der Waals surface area contributed by atoms with Crippen molar-refractivity contribution in [3.8, 4) is 0 Å². The van der Waals surface area contributed by atoms with Crippen molar-refractivity contribution >= 4 is 33.7 Å². The molecular formula is C10H17N3O7S. The van der Waals surface area contributed by atoms with Gasteiger partial charge in [0.15, 0.2) is 9.84 Å². The Bertz CT molecular complexity index is 543. The van der Waals surface area contributed by atoms with Crippen molar-refractivity contribution in [1.82, 2.24) is 16.0 Å². The third kappa shape index (κ3) is 6.21. The minimum atomic E-state index is -4.19. The Labute approximate surface area is 121 Å². The van der Waals surface area contributed by atoms with Crippen LogP contribution in [0.2, 0.25) is 0 Å². The summed E-state index contributed by atoms with van der Waals surface area (Å²) in [4.78, 5) is 44.2. The number of urea groups is 1. The van der Waals surface area contributed by atoms with E-state index < -0.39 is 50.7 Å². The Morgan fingerprint density at radius 3 is 2.10 bits per heavy atom. The van der Waals surface area contributed by atoms with Crippen LogP contribution in [-0.2, 0) is 24.2 Å². The number of carbonyl (C=O) groups excluding carboxylic acids is 3. The Morgan fingerprint density at radius 2 is 1.71 bits per heavy atom. The molecule has 21 heavy (non-hydrogen) atoms. The van der Waals surface area contributed by atoms with Crippen molar-refractivity contribution in [2.24, 2.45) is 0 Å². The van der Waals surface area contributed by atoms with Crippen LogP contribution < -0.4 is 16.0 Å². The van der Waals surface area contributed by atoms with E-state index in [-0.39, 0.29) is 0 Å². The van der Waals surface area contributed by atoms with Gasteiger partial charge in [0.25, 0.3) is 0 Å². The lowest BCUT2D eigenvalue weighted by atomic mass is 10.3. The minimum Gasteiger partial charge on any atom is -0.480 e. The second-order valence-corrected chi connectivity index (χ2v) is 6.50. The summed E-state index contributed by atoms with van der Waals surface area (Å²) >= 11 is 0. The van der Waals surface area contributed by atoms with Crippen LogP contribution in [-0.4, -0.2) is 61.4 Å². The van der Waals surface area contributed by atoms with E-state index in [0.29, 0.717) is 0 Å². The van der Waals surface area contributed by atoms with Crippen LogP contribution in [0.3, 0.4) is 0 Å². The van der Waals surface area contributed by atoms with E-state index in [1.54, 1.807) is 5.32 Å². The van der Waals surface area contributed by atoms with Crippen LogP contribution in [0, 0.1) is 0 Å². The maximum atomic E-state index is 11.9. The maximum absolute atomic E-state index is 11.9. The number of nitrogens with one attached hydrogen (secondary N) is 3. The Balaban J connectivity index is 5.01. The molecule has 0 aromatic heterocycles. The van der Waals surface area contributed by atoms with Crippen molar-refractivity contribution in [2.75, 3.05) is 12.8 Å². The summed E-state index contributed by atoms with van der Waals surface area (Å²) in [6.07, 6.45) is 0. The molecule has 0 bridgehead atoms. The highest BCUT2D eigenvalue weighted by molar-refractivity contribution is 7.92. The molecule has 0 aromatic carbocycles. The zero-order valence-corrected chi connectivity index (χ0v) is 12.5. The fraction of sp³-hybridized carbons (Fsp3) is 0.600. The number of sulfone groups is 1. The second-order valence-electron chi connectivity index (χ2n) is 4.13. The first-order chi connectivity index (χ1) is 9.51. The van der Waals surface area contributed by atoms with Crippen LogP contribution in [0.25, 0.3) is 0 Å². The van der Waals surface area contributed by atoms with Crippen LogP contribution >= 0.6 is 0 Å². The average Bonchev–Trinajstić information content (AvgIpc) is 2.35. The van der Waals surface area contributed by atoms with E-state index in [1.165, 1.54) is 7.05 Å². The van der Waals surface area contributed by atoms with Gasteiger partial charge in [0, 0.05) is 14.0 Å². The first-order valence-electron chi connectivity index (χ1n) is 5.75. The zero-order chi connectivity index (χ0) is 16.8. The Hall–Kier alpha value is -2.17. The van der Waals surface area contributed by atoms with Crippen LogP contribution in [0.5, 0.6) is 0 Å². The number of carboxylic acid groups (broad SMARTS) is 1. The quantitative estimate of drug-likeness (QED) is 0.433. The Morgan fingerprint density at radius 1 is 1.19 bits per heavy atom. The molecule has 0 saturated carbocycles. The number of rotatable bonds is 6. The van der Waals surface area contributed by atoms with Crippen LogP contribution in [0.1, 0.15) is 13.8 Å². The second kappa shape index (κ2) is 7.57. The molecule has 0 aliphatic carbocycles. The predicted molar refractivity (Wildman–Crippen MR) is 71.1 cm³/mol. The van der Waals surface area contributed by atoms with Gasteiger partial charge in [-0.2, -0.15) is 0 Å². The van der Waals surface area contributed by atoms with Gasteiger partial charge in [-0.25, -0.2) is 18.0 Å². The fourth-order valence-electron chi connectivity index (χ4n) is 1.24. The molecule has 0 saturated heterocycles. The molecule has 0 aliphatic heterocycles. The van der Waals surface area contributed by atoms with Gasteiger partial charge in [0.1, 0.15) is 11.3 Å². The van der Waals surface area contributed by atoms with Gasteiger partial charge in [0.2, 0.25) is 11.8 Å². The summed E-state index contributed by atoms with van der Waals surface area (Å²) in [6.45, 7) is 2.05. The summed E-state index contributed by atoms with van der Waals surface area (Å²) in [5, 5.41) is 13.0. The minimum absolute atomic E-state index is 0.722. The molecule has 120 valence electrons. The third-order valence-electron chi connectivity index (χ3n) is 2.45. The molecule has 10 nitrogen and oxygen atoms in total. The molecule has 0 radical (unpaired) electrons. The molecule has 0 rings (SSSR count). The van der Waals surface area contributed by atoms with E-state index in [1.807, 2.05) is 5.32 Å². The predicted octanol–water partition coefficient (Wildman–Crippen LogP) is -2.17. The van der Waals surface area contributed by atoms with Gasteiger partial charge < -0.3 is 15.7 Å². The van der Waals surface area contributed by atoms with Gasteiger partial charge >= 0.3 is 12.0 Å². The van der Waals surface area contributed by atoms with Crippen molar-refractivity contribution in [1.29, 1.82) is 0 Å². The van der Waals surface area contributed by atoms with Crippen LogP contribution in [0.15, 0.2) is 0 Å². The molecule has 4 N–H and O–H groups in total. The average molecular weight is 323 g/mol. The van der Waals surface area contributed by atoms with E-state index >= 15 is 0 Å². The van der Waals surface area contributed by atoms with Gasteiger partial charge in [-0.3, -0.25) is 14.9 Å². The number of carbonyl (C=O) groups is 4. The summed E-state index contributed by atoms with van der Waals surface area (Å²) < 4.78 is 23.9. The normalized spacial score (nSPS) is 13.7. The van der Waals surface area contributed by atoms with Crippen molar-refractivity contribution in [3.05, 3.63) is 0 Å². The summed E-state index contributed by atoms with van der Waals surface area (Å²) in [7, 11) is -2.96. The largest absolute Gasteiger partial charge is 0.480 e. The highest BCUT2D eigenvalue weighted by Gasteiger charge is 2.34. The summed E-state index contributed by atoms with van der Waals surface area (Å²) in [5.41, 5.74) is 0. The number of hydrogen-bond acceptors (Lipinski definition) is 6. The van der Waals surface area contributed by atoms with Gasteiger partial charge in [0.05, 0.1) is 5.75 Å². The monoisotopic (exact) mass is 323 g/mol. The van der Waals surface area contributed by atoms with Crippen LogP contribution in [0.4, 0.5) is 4.79 Å². The molecule has 0 aromatic rings. The smallest absolute Gasteiger partial charge is 0.327 e. The number of aliphatic carboxylic acids is 1. The van der Waals surface area contributed by atoms with Gasteiger partial charge in [-0.15, -0.1) is 0 Å². The lowest BCUT2D eigenvalue weighted by Crippen LogP contribution is -2.50. The molecule has 0 aliphatic rings. The van der Waals surface area contributed by atoms with Crippen molar-refractivity contribution in [3.63, 3.8) is 0 Å². The highest BCUT2D eigenvalue weighted by atomic mass is 32.2. The summed E-state index contributed by atoms with van der Waals surface area (Å²) in [5.74, 6) is -4.33. The van der Waals surface area contributed by atoms with Crippen molar-refractivity contribution in [2.45, 2.75) is 25.1 Å². The Kier molecular flexibility index (Phi) is 6.79. The molecule has 0 heterocycles. The summed E-state index contributed by atoms with van der Waals surface area (Å²) in [6, 6.07) is -2.57. The topological polar surface area (TPSA) is 159 Å².